The number of hydrogen-bond donors (Lipinski definition) is 0. The van der Waals surface area contributed by atoms with Crippen LogP contribution in [0.4, 0.5) is 0 Å². The summed E-state index contributed by atoms with van der Waals surface area (Å²) < 4.78 is 5.12. The predicted molar refractivity (Wildman–Crippen MR) is 49.1 cm³/mol. The van der Waals surface area contributed by atoms with Crippen molar-refractivity contribution in [3.63, 3.8) is 0 Å². The van der Waals surface area contributed by atoms with Gasteiger partial charge in [0.15, 0.2) is 0 Å². The zero-order valence-electron chi connectivity index (χ0n) is 7.10. The molecule has 0 aliphatic rings. The zero-order chi connectivity index (χ0) is 7.82. The van der Waals surface area contributed by atoms with E-state index in [1.54, 1.807) is 7.11 Å². The van der Waals surface area contributed by atoms with Gasteiger partial charge in [-0.25, -0.2) is 0 Å². The Morgan fingerprint density at radius 3 is 2.70 bits per heavy atom. The van der Waals surface area contributed by atoms with Gasteiger partial charge in [0.25, 0.3) is 0 Å². The van der Waals surface area contributed by atoms with Gasteiger partial charge in [0, 0.05) is 13.3 Å². The molecule has 1 nitrogen and oxygen atoms in total. The Morgan fingerprint density at radius 2 is 2.30 bits per heavy atom. The van der Waals surface area contributed by atoms with Gasteiger partial charge in [-0.3, -0.25) is 0 Å². The highest BCUT2D eigenvalue weighted by Gasteiger charge is 2.05. The Balaban J connectivity index is 3.29. The maximum atomic E-state index is 5.12. The van der Waals surface area contributed by atoms with Crippen LogP contribution in [0.15, 0.2) is 12.7 Å². The van der Waals surface area contributed by atoms with Crippen LogP contribution >= 0.6 is 0 Å². The summed E-state index contributed by atoms with van der Waals surface area (Å²) in [5.41, 5.74) is 0. The van der Waals surface area contributed by atoms with Crippen LogP contribution in [0.3, 0.4) is 0 Å². The van der Waals surface area contributed by atoms with Crippen LogP contribution in [0.5, 0.6) is 0 Å². The van der Waals surface area contributed by atoms with Crippen LogP contribution in [0.25, 0.3) is 0 Å². The lowest BCUT2D eigenvalue weighted by molar-refractivity contribution is 0.248. The fourth-order valence-electron chi connectivity index (χ4n) is 0.995. The number of allylic oxidation sites excluding steroid dienone is 1. The molecule has 0 aromatic carbocycles. The van der Waals surface area contributed by atoms with E-state index in [2.05, 4.69) is 13.5 Å². The van der Waals surface area contributed by atoms with Crippen LogP contribution in [-0.4, -0.2) is 22.1 Å². The van der Waals surface area contributed by atoms with Crippen LogP contribution in [-0.2, 0) is 4.74 Å². The lowest BCUT2D eigenvalue weighted by Crippen LogP contribution is -2.17. The molecule has 0 fully saturated rings. The van der Waals surface area contributed by atoms with Crippen molar-refractivity contribution in [1.82, 2.24) is 0 Å². The van der Waals surface area contributed by atoms with Gasteiger partial charge >= 0.3 is 0 Å². The highest BCUT2D eigenvalue weighted by Crippen LogP contribution is 2.03. The molecule has 0 aliphatic heterocycles. The first kappa shape index (κ1) is 9.92. The molecule has 0 aromatic heterocycles. The van der Waals surface area contributed by atoms with Gasteiger partial charge < -0.3 is 4.74 Å². The molecule has 0 saturated heterocycles. The van der Waals surface area contributed by atoms with Crippen molar-refractivity contribution in [3.05, 3.63) is 12.7 Å². The molecule has 0 radical (unpaired) electrons. The second kappa shape index (κ2) is 7.03. The highest BCUT2D eigenvalue weighted by atomic mass is 28.3. The molecular formula is C8H18OSi. The Morgan fingerprint density at radius 1 is 1.60 bits per heavy atom. The highest BCUT2D eigenvalue weighted by molar-refractivity contribution is 6.58. The molecule has 0 aromatic rings. The van der Waals surface area contributed by atoms with E-state index in [0.717, 1.165) is 6.23 Å². The van der Waals surface area contributed by atoms with E-state index in [1.807, 2.05) is 6.08 Å². The van der Waals surface area contributed by atoms with Gasteiger partial charge in [0.1, 0.15) is 0 Å². The van der Waals surface area contributed by atoms with Gasteiger partial charge in [-0.15, -0.1) is 6.58 Å². The first-order valence-corrected chi connectivity index (χ1v) is 6.39. The normalized spacial score (nSPS) is 13.0. The average molecular weight is 158 g/mol. The van der Waals surface area contributed by atoms with Crippen molar-refractivity contribution < 1.29 is 4.74 Å². The third-order valence-corrected chi connectivity index (χ3v) is 4.87. The lowest BCUT2D eigenvalue weighted by atomic mass is 10.5. The summed E-state index contributed by atoms with van der Waals surface area (Å²) in [5, 5.41) is 0. The zero-order valence-corrected chi connectivity index (χ0v) is 8.25. The van der Waals surface area contributed by atoms with E-state index in [1.165, 1.54) is 18.5 Å². The van der Waals surface area contributed by atoms with Crippen LogP contribution in [0.2, 0.25) is 12.1 Å². The molecule has 0 N–H and O–H groups in total. The van der Waals surface area contributed by atoms with Gasteiger partial charge in [0.05, 0.1) is 8.80 Å². The van der Waals surface area contributed by atoms with Crippen molar-refractivity contribution in [2.24, 2.45) is 0 Å². The molecule has 0 rings (SSSR count). The van der Waals surface area contributed by atoms with E-state index >= 15 is 0 Å². The molecule has 2 heteroatoms. The number of hydrogen-bond acceptors (Lipinski definition) is 1. The van der Waals surface area contributed by atoms with E-state index in [-0.39, 0.29) is 0 Å². The van der Waals surface area contributed by atoms with E-state index in [4.69, 9.17) is 4.74 Å². The third-order valence-electron chi connectivity index (χ3n) is 1.76. The summed E-state index contributed by atoms with van der Waals surface area (Å²) in [6, 6.07) is 2.70. The SMILES string of the molecule is C=CCC[SiH](CC)COC. The fraction of sp³-hybridized carbons (Fsp3) is 0.750. The summed E-state index contributed by atoms with van der Waals surface area (Å²) in [5.74, 6) is 0. The number of ether oxygens (including phenoxy) is 1. The first-order chi connectivity index (χ1) is 4.85. The molecule has 1 atom stereocenters. The van der Waals surface area contributed by atoms with Gasteiger partial charge in [-0.1, -0.05) is 25.1 Å². The minimum Gasteiger partial charge on any atom is -0.388 e. The molecule has 0 heterocycles. The summed E-state index contributed by atoms with van der Waals surface area (Å²) in [6.07, 6.45) is 4.21. The van der Waals surface area contributed by atoms with E-state index in [9.17, 15) is 0 Å². The van der Waals surface area contributed by atoms with Crippen molar-refractivity contribution in [2.45, 2.75) is 25.4 Å². The predicted octanol–water partition coefficient (Wildman–Crippen LogP) is 2.00. The largest absolute Gasteiger partial charge is 0.388 e. The molecule has 1 unspecified atom stereocenters. The number of rotatable bonds is 6. The summed E-state index contributed by atoms with van der Waals surface area (Å²) in [7, 11) is 1.27. The minimum atomic E-state index is -0.524. The van der Waals surface area contributed by atoms with Gasteiger partial charge in [-0.05, 0) is 6.42 Å². The molecule has 0 aliphatic carbocycles. The molecule has 0 saturated carbocycles. The van der Waals surface area contributed by atoms with Gasteiger partial charge in [0.2, 0.25) is 0 Å². The second-order valence-electron chi connectivity index (χ2n) is 2.60. The van der Waals surface area contributed by atoms with E-state index < -0.39 is 8.80 Å². The Kier molecular flexibility index (Phi) is 6.97. The Hall–Kier alpha value is -0.0831. The fourth-order valence-corrected chi connectivity index (χ4v) is 2.98. The molecule has 0 spiro atoms. The molecule has 0 bridgehead atoms. The standard InChI is InChI=1S/C8H18OSi/c1-4-6-7-10(5-2)8-9-3/h4,10H,1,5-8H2,2-3H3. The summed E-state index contributed by atoms with van der Waals surface area (Å²) >= 11 is 0. The molecular weight excluding hydrogens is 140 g/mol. The topological polar surface area (TPSA) is 9.23 Å². The van der Waals surface area contributed by atoms with Crippen molar-refractivity contribution >= 4 is 8.80 Å². The minimum absolute atomic E-state index is 0.524. The first-order valence-electron chi connectivity index (χ1n) is 3.95. The monoisotopic (exact) mass is 158 g/mol. The maximum absolute atomic E-state index is 5.12. The summed E-state index contributed by atoms with van der Waals surface area (Å²) in [6.45, 7) is 5.97. The van der Waals surface area contributed by atoms with Crippen LogP contribution in [0.1, 0.15) is 13.3 Å². The van der Waals surface area contributed by atoms with Crippen molar-refractivity contribution in [3.8, 4) is 0 Å². The van der Waals surface area contributed by atoms with Crippen LogP contribution in [0, 0.1) is 0 Å². The molecule has 10 heavy (non-hydrogen) atoms. The lowest BCUT2D eigenvalue weighted by Gasteiger charge is -2.09. The maximum Gasteiger partial charge on any atom is 0.0677 e. The quantitative estimate of drug-likeness (QED) is 0.424. The van der Waals surface area contributed by atoms with Crippen molar-refractivity contribution in [1.29, 1.82) is 0 Å². The van der Waals surface area contributed by atoms with Crippen LogP contribution < -0.4 is 0 Å². The Labute approximate surface area is 65.7 Å². The Bertz CT molecular complexity index is 83.3. The smallest absolute Gasteiger partial charge is 0.0677 e. The van der Waals surface area contributed by atoms with E-state index in [0.29, 0.717) is 0 Å². The summed E-state index contributed by atoms with van der Waals surface area (Å²) in [4.78, 5) is 0. The van der Waals surface area contributed by atoms with Gasteiger partial charge in [-0.2, -0.15) is 0 Å². The van der Waals surface area contributed by atoms with Crippen molar-refractivity contribution in [2.75, 3.05) is 13.3 Å². The number of methoxy groups -OCH3 is 1. The molecule has 60 valence electrons. The third kappa shape index (κ3) is 4.76. The second-order valence-corrected chi connectivity index (χ2v) is 6.05. The molecule has 0 amide bonds. The average Bonchev–Trinajstić information content (AvgIpc) is 1.98.